The van der Waals surface area contributed by atoms with Gasteiger partial charge in [0.05, 0.1) is 11.5 Å². The van der Waals surface area contributed by atoms with E-state index in [1.807, 2.05) is 0 Å². The van der Waals surface area contributed by atoms with Gasteiger partial charge in [-0.3, -0.25) is 10.1 Å². The summed E-state index contributed by atoms with van der Waals surface area (Å²) < 4.78 is 5.41. The number of nitro groups is 1. The summed E-state index contributed by atoms with van der Waals surface area (Å²) in [5, 5.41) is 14.0. The molecule has 0 unspecified atom stereocenters. The Morgan fingerprint density at radius 1 is 1.69 bits per heavy atom. The van der Waals surface area contributed by atoms with E-state index in [0.717, 1.165) is 23.9 Å². The maximum absolute atomic E-state index is 10.4. The topological polar surface area (TPSA) is 77.3 Å². The summed E-state index contributed by atoms with van der Waals surface area (Å²) in [4.78, 5) is 13.9. The van der Waals surface area contributed by atoms with Crippen molar-refractivity contribution < 1.29 is 9.66 Å². The minimum atomic E-state index is -0.438. The largest absolute Gasteiger partial charge is 0.379 e. The van der Waals surface area contributed by atoms with E-state index in [1.54, 1.807) is 0 Å². The molecule has 1 saturated carbocycles. The fourth-order valence-corrected chi connectivity index (χ4v) is 1.85. The van der Waals surface area contributed by atoms with E-state index >= 15 is 0 Å². The van der Waals surface area contributed by atoms with Gasteiger partial charge in [-0.2, -0.15) is 0 Å². The molecule has 0 radical (unpaired) electrons. The smallest absolute Gasteiger partial charge is 0.345 e. The predicted molar refractivity (Wildman–Crippen MR) is 60.8 cm³/mol. The zero-order valence-electron chi connectivity index (χ0n) is 8.72. The van der Waals surface area contributed by atoms with Gasteiger partial charge in [-0.05, 0) is 30.1 Å². The summed E-state index contributed by atoms with van der Waals surface area (Å²) in [6, 6.07) is 0. The number of nitrogens with one attached hydrogen (secondary N) is 1. The third-order valence-corrected chi connectivity index (χ3v) is 3.15. The molecule has 0 atom stereocenters. The van der Waals surface area contributed by atoms with Gasteiger partial charge in [0.15, 0.2) is 5.13 Å². The minimum absolute atomic E-state index is 0.0569. The zero-order valence-corrected chi connectivity index (χ0v) is 9.53. The van der Waals surface area contributed by atoms with Crippen LogP contribution in [0.3, 0.4) is 0 Å². The normalized spacial score (nSPS) is 15.0. The van der Waals surface area contributed by atoms with Gasteiger partial charge >= 0.3 is 5.00 Å². The van der Waals surface area contributed by atoms with E-state index < -0.39 is 4.92 Å². The molecule has 1 heterocycles. The van der Waals surface area contributed by atoms with Crippen LogP contribution in [0.1, 0.15) is 12.8 Å². The van der Waals surface area contributed by atoms with Gasteiger partial charge in [0, 0.05) is 13.2 Å². The van der Waals surface area contributed by atoms with Gasteiger partial charge in [0.2, 0.25) is 0 Å². The van der Waals surface area contributed by atoms with Crippen molar-refractivity contribution >= 4 is 21.5 Å². The van der Waals surface area contributed by atoms with Gasteiger partial charge in [-0.15, -0.1) is 0 Å². The quantitative estimate of drug-likeness (QED) is 0.449. The summed E-state index contributed by atoms with van der Waals surface area (Å²) in [5.41, 5.74) is 0. The molecule has 16 heavy (non-hydrogen) atoms. The first-order valence-electron chi connectivity index (χ1n) is 5.17. The van der Waals surface area contributed by atoms with E-state index in [9.17, 15) is 10.1 Å². The molecule has 6 nitrogen and oxygen atoms in total. The van der Waals surface area contributed by atoms with Gasteiger partial charge in [-0.25, -0.2) is 4.98 Å². The Morgan fingerprint density at radius 2 is 2.50 bits per heavy atom. The van der Waals surface area contributed by atoms with Crippen molar-refractivity contribution in [3.8, 4) is 0 Å². The fraction of sp³-hybridized carbons (Fsp3) is 0.667. The number of thiazole rings is 1. The highest BCUT2D eigenvalue weighted by Crippen LogP contribution is 2.28. The number of aromatic nitrogens is 1. The SMILES string of the molecule is O=[N+]([O-])c1cnc(NCCOCC2CC2)s1. The predicted octanol–water partition coefficient (Wildman–Crippen LogP) is 1.89. The van der Waals surface area contributed by atoms with Crippen LogP contribution in [0.15, 0.2) is 6.20 Å². The lowest BCUT2D eigenvalue weighted by Crippen LogP contribution is -2.10. The van der Waals surface area contributed by atoms with Crippen molar-refractivity contribution in [1.29, 1.82) is 0 Å². The molecule has 1 aliphatic carbocycles. The standard InChI is InChI=1S/C9H13N3O3S/c13-12(14)8-5-11-9(16-8)10-3-4-15-6-7-1-2-7/h5,7H,1-4,6H2,(H,10,11). The van der Waals surface area contributed by atoms with E-state index in [2.05, 4.69) is 10.3 Å². The average molecular weight is 243 g/mol. The van der Waals surface area contributed by atoms with Crippen molar-refractivity contribution in [3.05, 3.63) is 16.3 Å². The number of nitrogens with zero attached hydrogens (tertiary/aromatic N) is 2. The van der Waals surface area contributed by atoms with Crippen molar-refractivity contribution in [3.63, 3.8) is 0 Å². The summed E-state index contributed by atoms with van der Waals surface area (Å²) in [5.74, 6) is 0.765. The van der Waals surface area contributed by atoms with Crippen molar-refractivity contribution in [2.24, 2.45) is 5.92 Å². The Morgan fingerprint density at radius 3 is 3.12 bits per heavy atom. The molecule has 1 aromatic heterocycles. The van der Waals surface area contributed by atoms with Crippen LogP contribution in [0.5, 0.6) is 0 Å². The van der Waals surface area contributed by atoms with Crippen molar-refractivity contribution in [1.82, 2.24) is 4.98 Å². The Kier molecular flexibility index (Phi) is 3.68. The van der Waals surface area contributed by atoms with Crippen molar-refractivity contribution in [2.75, 3.05) is 25.1 Å². The molecule has 0 aromatic carbocycles. The minimum Gasteiger partial charge on any atom is -0.379 e. The Balaban J connectivity index is 1.62. The van der Waals surface area contributed by atoms with Gasteiger partial charge in [-0.1, -0.05) is 0 Å². The number of hydrogen-bond acceptors (Lipinski definition) is 6. The van der Waals surface area contributed by atoms with Gasteiger partial charge in [0.1, 0.15) is 6.20 Å². The molecule has 1 aromatic rings. The Labute approximate surface area is 96.8 Å². The van der Waals surface area contributed by atoms with Crippen LogP contribution in [-0.2, 0) is 4.74 Å². The molecule has 0 amide bonds. The highest BCUT2D eigenvalue weighted by Gasteiger charge is 2.20. The van der Waals surface area contributed by atoms with Crippen LogP contribution in [0.4, 0.5) is 10.1 Å². The Bertz CT molecular complexity index is 365. The second-order valence-electron chi connectivity index (χ2n) is 3.71. The molecule has 0 saturated heterocycles. The molecule has 1 fully saturated rings. The highest BCUT2D eigenvalue weighted by molar-refractivity contribution is 7.18. The molecule has 0 spiro atoms. The molecular weight excluding hydrogens is 230 g/mol. The second kappa shape index (κ2) is 5.22. The van der Waals surface area contributed by atoms with Crippen molar-refractivity contribution in [2.45, 2.75) is 12.8 Å². The van der Waals surface area contributed by atoms with Crippen LogP contribution in [-0.4, -0.2) is 29.7 Å². The molecule has 88 valence electrons. The van der Waals surface area contributed by atoms with E-state index in [0.29, 0.717) is 18.3 Å². The summed E-state index contributed by atoms with van der Waals surface area (Å²) in [6.45, 7) is 2.08. The summed E-state index contributed by atoms with van der Waals surface area (Å²) in [6.07, 6.45) is 3.83. The Hall–Kier alpha value is -1.21. The maximum atomic E-state index is 10.4. The number of anilines is 1. The maximum Gasteiger partial charge on any atom is 0.345 e. The van der Waals surface area contributed by atoms with Gasteiger partial charge < -0.3 is 10.1 Å². The highest BCUT2D eigenvalue weighted by atomic mass is 32.1. The second-order valence-corrected chi connectivity index (χ2v) is 4.71. The van der Waals surface area contributed by atoms with Crippen LogP contribution in [0.2, 0.25) is 0 Å². The molecular formula is C9H13N3O3S. The summed E-state index contributed by atoms with van der Waals surface area (Å²) >= 11 is 1.04. The molecule has 0 aliphatic heterocycles. The average Bonchev–Trinajstić information content (AvgIpc) is 2.94. The molecule has 2 rings (SSSR count). The number of hydrogen-bond donors (Lipinski definition) is 1. The summed E-state index contributed by atoms with van der Waals surface area (Å²) in [7, 11) is 0. The van der Waals surface area contributed by atoms with E-state index in [1.165, 1.54) is 19.0 Å². The first kappa shape index (κ1) is 11.3. The molecule has 1 aliphatic rings. The third kappa shape index (κ3) is 3.42. The lowest BCUT2D eigenvalue weighted by molar-refractivity contribution is -0.380. The third-order valence-electron chi connectivity index (χ3n) is 2.25. The lowest BCUT2D eigenvalue weighted by atomic mass is 10.5. The fourth-order valence-electron chi connectivity index (χ4n) is 1.20. The number of rotatable bonds is 7. The van der Waals surface area contributed by atoms with Crippen LogP contribution >= 0.6 is 11.3 Å². The van der Waals surface area contributed by atoms with Crippen LogP contribution < -0.4 is 5.32 Å². The molecule has 0 bridgehead atoms. The van der Waals surface area contributed by atoms with E-state index in [4.69, 9.17) is 4.74 Å². The molecule has 1 N–H and O–H groups in total. The van der Waals surface area contributed by atoms with Gasteiger partial charge in [0.25, 0.3) is 0 Å². The van der Waals surface area contributed by atoms with E-state index in [-0.39, 0.29) is 5.00 Å². The number of ether oxygens (including phenoxy) is 1. The van der Waals surface area contributed by atoms with Crippen LogP contribution in [0, 0.1) is 16.0 Å². The van der Waals surface area contributed by atoms with Crippen LogP contribution in [0.25, 0.3) is 0 Å². The monoisotopic (exact) mass is 243 g/mol. The molecule has 7 heteroatoms. The lowest BCUT2D eigenvalue weighted by Gasteiger charge is -2.03. The first-order chi connectivity index (χ1) is 7.75. The zero-order chi connectivity index (χ0) is 11.4. The first-order valence-corrected chi connectivity index (χ1v) is 5.99.